The first-order valence-corrected chi connectivity index (χ1v) is 14.3. The highest BCUT2D eigenvalue weighted by Gasteiger charge is 2.32. The molecule has 1 heterocycles. The summed E-state index contributed by atoms with van der Waals surface area (Å²) in [5, 5.41) is 3.17. The number of hydrogen-bond donors (Lipinski definition) is 2. The molecule has 0 aliphatic carbocycles. The second kappa shape index (κ2) is 17.6. The Kier molecular flexibility index (Phi) is 15.4. The van der Waals surface area contributed by atoms with E-state index in [1.54, 1.807) is 19.1 Å². The van der Waals surface area contributed by atoms with Crippen LogP contribution in [-0.4, -0.2) is 26.1 Å². The summed E-state index contributed by atoms with van der Waals surface area (Å²) in [4.78, 5) is 8.58. The third-order valence-corrected chi connectivity index (χ3v) is 7.43. The summed E-state index contributed by atoms with van der Waals surface area (Å²) in [5.41, 5.74) is 7.43. The summed E-state index contributed by atoms with van der Waals surface area (Å²) < 4.78 is 40.7. The number of ether oxygens (including phenoxy) is 2. The highest BCUT2D eigenvalue weighted by molar-refractivity contribution is 6.34. The number of hydrogen-bond acceptors (Lipinski definition) is 4. The van der Waals surface area contributed by atoms with Crippen LogP contribution in [0.5, 0.6) is 11.5 Å². The summed E-state index contributed by atoms with van der Waals surface area (Å²) in [5.74, 6) is -0.721. The predicted molar refractivity (Wildman–Crippen MR) is 166 cm³/mol. The zero-order valence-electron chi connectivity index (χ0n) is 25.5. The van der Waals surface area contributed by atoms with E-state index in [9.17, 15) is 4.39 Å². The van der Waals surface area contributed by atoms with E-state index in [2.05, 4.69) is 45.7 Å². The van der Waals surface area contributed by atoms with Crippen LogP contribution >= 0.6 is 11.6 Å². The lowest BCUT2D eigenvalue weighted by atomic mass is 9.91. The molecule has 1 atom stereocenters. The Bertz CT molecular complexity index is 1230. The number of primary amides is 1. The zero-order chi connectivity index (χ0) is 31.2. The molecule has 8 heteroatoms. The van der Waals surface area contributed by atoms with Gasteiger partial charge in [-0.1, -0.05) is 82.1 Å². The van der Waals surface area contributed by atoms with E-state index < -0.39 is 11.6 Å². The summed E-state index contributed by atoms with van der Waals surface area (Å²) in [7, 11) is 3.41. The normalized spacial score (nSPS) is 13.2. The van der Waals surface area contributed by atoms with Crippen molar-refractivity contribution in [1.82, 2.24) is 5.32 Å². The number of carbonyl (C=O) groups excluding carboxylic acids is 1. The monoisotopic (exact) mass is 590 g/mol. The molecule has 4 rings (SSSR count). The average Bonchev–Trinajstić information content (AvgIpc) is 3.40. The molecule has 1 aliphatic rings. The van der Waals surface area contributed by atoms with E-state index in [1.165, 1.54) is 32.4 Å². The fraction of sp³-hybridized carbons (Fsp3) is 0.424. The van der Waals surface area contributed by atoms with Crippen molar-refractivity contribution in [2.24, 2.45) is 5.73 Å². The minimum atomic E-state index is -0.638. The topological polar surface area (TPSA) is 73.6 Å². The van der Waals surface area contributed by atoms with Gasteiger partial charge in [0.15, 0.2) is 11.6 Å². The molecule has 0 fully saturated rings. The molecule has 1 amide bonds. The van der Waals surface area contributed by atoms with Crippen molar-refractivity contribution in [3.05, 3.63) is 81.9 Å². The highest BCUT2D eigenvalue weighted by atomic mass is 35.5. The third-order valence-electron chi connectivity index (χ3n) is 7.07. The molecule has 0 spiro atoms. The molecule has 5 nitrogen and oxygen atoms in total. The standard InChI is InChI=1S/C22H17ClF2O2.C7H17N.C3H8.CH3NO/c1-12-8-9-16(26-2)22(25)19(12)20-14-10-17(13-6-4-3-5-7-13)27-18(14)11-15(24)21(20)23;1-5-7(3,6-2)8-4;1-3-2;2-1-3/h3-9,11,17H,10H2,1-2H3;8H,5-6H2,1-4H3;3H2,1-2H3;1H,(H2,2,3). The Morgan fingerprint density at radius 2 is 1.66 bits per heavy atom. The first-order chi connectivity index (χ1) is 19.5. The fourth-order valence-electron chi connectivity index (χ4n) is 4.16. The van der Waals surface area contributed by atoms with Gasteiger partial charge in [-0.3, -0.25) is 4.79 Å². The van der Waals surface area contributed by atoms with Gasteiger partial charge in [0.25, 0.3) is 0 Å². The molecule has 1 aliphatic heterocycles. The number of methoxy groups -OCH3 is 1. The minimum Gasteiger partial charge on any atom is -0.494 e. The average molecular weight is 591 g/mol. The number of carbonyl (C=O) groups is 1. The number of nitrogens with two attached hydrogens (primary N) is 1. The predicted octanol–water partition coefficient (Wildman–Crippen LogP) is 8.58. The smallest absolute Gasteiger partial charge is 0.204 e. The third kappa shape index (κ3) is 9.44. The molecule has 0 radical (unpaired) electrons. The van der Waals surface area contributed by atoms with Gasteiger partial charge in [-0.15, -0.1) is 0 Å². The summed E-state index contributed by atoms with van der Waals surface area (Å²) >= 11 is 6.31. The molecule has 3 aromatic carbocycles. The number of nitrogens with one attached hydrogen (secondary N) is 1. The van der Waals surface area contributed by atoms with Crippen LogP contribution in [0.2, 0.25) is 5.02 Å². The molecule has 3 aromatic rings. The molecule has 0 bridgehead atoms. The number of fused-ring (bicyclic) bond motifs is 1. The largest absolute Gasteiger partial charge is 0.494 e. The summed E-state index contributed by atoms with van der Waals surface area (Å²) in [6.45, 7) is 12.7. The number of amides is 1. The van der Waals surface area contributed by atoms with Crippen molar-refractivity contribution in [1.29, 1.82) is 0 Å². The lowest BCUT2D eigenvalue weighted by Crippen LogP contribution is -2.37. The van der Waals surface area contributed by atoms with Gasteiger partial charge >= 0.3 is 0 Å². The van der Waals surface area contributed by atoms with Crippen LogP contribution in [0.1, 0.15) is 76.7 Å². The molecule has 226 valence electrons. The van der Waals surface area contributed by atoms with E-state index in [4.69, 9.17) is 25.9 Å². The molecule has 0 saturated carbocycles. The quantitative estimate of drug-likeness (QED) is 0.282. The van der Waals surface area contributed by atoms with Crippen molar-refractivity contribution in [3.63, 3.8) is 0 Å². The maximum Gasteiger partial charge on any atom is 0.204 e. The number of rotatable bonds is 6. The van der Waals surface area contributed by atoms with Crippen LogP contribution in [-0.2, 0) is 11.2 Å². The number of aryl methyl sites for hydroxylation is 1. The molecule has 0 saturated heterocycles. The summed E-state index contributed by atoms with van der Waals surface area (Å²) in [6, 6.07) is 14.2. The molecule has 41 heavy (non-hydrogen) atoms. The second-order valence-corrected chi connectivity index (χ2v) is 10.3. The Hall–Kier alpha value is -3.16. The second-order valence-electron chi connectivity index (χ2n) is 9.88. The first kappa shape index (κ1) is 35.9. The first-order valence-electron chi connectivity index (χ1n) is 13.9. The van der Waals surface area contributed by atoms with Gasteiger partial charge < -0.3 is 20.5 Å². The summed E-state index contributed by atoms with van der Waals surface area (Å²) in [6.07, 6.45) is 4.12. The van der Waals surface area contributed by atoms with Crippen LogP contribution < -0.4 is 20.5 Å². The van der Waals surface area contributed by atoms with E-state index in [1.807, 2.05) is 37.4 Å². The molecule has 0 aromatic heterocycles. The van der Waals surface area contributed by atoms with Crippen molar-refractivity contribution in [2.75, 3.05) is 14.2 Å². The van der Waals surface area contributed by atoms with Crippen LogP contribution in [0.3, 0.4) is 0 Å². The van der Waals surface area contributed by atoms with Crippen molar-refractivity contribution < 1.29 is 23.0 Å². The van der Waals surface area contributed by atoms with Crippen molar-refractivity contribution in [2.45, 2.75) is 78.9 Å². The van der Waals surface area contributed by atoms with Gasteiger partial charge in [-0.25, -0.2) is 8.78 Å². The van der Waals surface area contributed by atoms with E-state index in [0.717, 1.165) is 5.56 Å². The Morgan fingerprint density at radius 1 is 1.10 bits per heavy atom. The molecular weight excluding hydrogens is 546 g/mol. The van der Waals surface area contributed by atoms with E-state index in [0.29, 0.717) is 34.4 Å². The molecule has 3 N–H and O–H groups in total. The van der Waals surface area contributed by atoms with Gasteiger partial charge in [0.05, 0.1) is 12.1 Å². The van der Waals surface area contributed by atoms with Crippen molar-refractivity contribution in [3.8, 4) is 22.6 Å². The number of benzene rings is 3. The van der Waals surface area contributed by atoms with Gasteiger partial charge in [0.2, 0.25) is 6.41 Å². The maximum absolute atomic E-state index is 15.1. The van der Waals surface area contributed by atoms with Crippen LogP contribution in [0.15, 0.2) is 48.5 Å². The Labute approximate surface area is 249 Å². The van der Waals surface area contributed by atoms with Gasteiger partial charge in [-0.2, -0.15) is 0 Å². The zero-order valence-corrected chi connectivity index (χ0v) is 26.3. The SMILES string of the molecule is CCC.CCC(C)(CC)NC.COc1ccc(C)c(-c2c(Cl)c(F)cc3c2CC(c2ccccc2)O3)c1F.NC=O. The maximum atomic E-state index is 15.1. The van der Waals surface area contributed by atoms with Crippen LogP contribution in [0.4, 0.5) is 8.78 Å². The van der Waals surface area contributed by atoms with Gasteiger partial charge in [-0.05, 0) is 50.9 Å². The van der Waals surface area contributed by atoms with Gasteiger partial charge in [0.1, 0.15) is 17.7 Å². The Morgan fingerprint density at radius 3 is 2.12 bits per heavy atom. The fourth-order valence-corrected chi connectivity index (χ4v) is 4.43. The number of halogens is 3. The van der Waals surface area contributed by atoms with Crippen LogP contribution in [0.25, 0.3) is 11.1 Å². The van der Waals surface area contributed by atoms with Gasteiger partial charge in [0, 0.05) is 34.7 Å². The van der Waals surface area contributed by atoms with E-state index >= 15 is 4.39 Å². The lowest BCUT2D eigenvalue weighted by Gasteiger charge is -2.25. The molecular formula is C33H45ClF2N2O3. The van der Waals surface area contributed by atoms with Crippen LogP contribution in [0, 0.1) is 18.6 Å². The Balaban J connectivity index is 0.000000504. The minimum absolute atomic E-state index is 0.0863. The molecule has 1 unspecified atom stereocenters. The van der Waals surface area contributed by atoms with E-state index in [-0.39, 0.29) is 28.8 Å². The lowest BCUT2D eigenvalue weighted by molar-refractivity contribution is -0.106. The van der Waals surface area contributed by atoms with Crippen molar-refractivity contribution >= 4 is 18.0 Å². The highest BCUT2D eigenvalue weighted by Crippen LogP contribution is 2.48.